The Morgan fingerprint density at radius 1 is 0.525 bits per heavy atom. The van der Waals surface area contributed by atoms with Gasteiger partial charge in [-0.1, -0.05) is 97.1 Å². The second-order valence-corrected chi connectivity index (χ2v) is 10.4. The van der Waals surface area contributed by atoms with E-state index in [-0.39, 0.29) is 0 Å². The van der Waals surface area contributed by atoms with Crippen LogP contribution in [-0.4, -0.2) is 9.97 Å². The zero-order valence-corrected chi connectivity index (χ0v) is 21.5. The average molecular weight is 511 g/mol. The van der Waals surface area contributed by atoms with Gasteiger partial charge in [0.05, 0.1) is 16.6 Å². The number of aromatic amines is 1. The summed E-state index contributed by atoms with van der Waals surface area (Å²) in [6.45, 7) is 0. The maximum absolute atomic E-state index is 6.17. The highest BCUT2D eigenvalue weighted by molar-refractivity contribution is 6.22. The van der Waals surface area contributed by atoms with Gasteiger partial charge in [0.25, 0.3) is 0 Å². The molecule has 3 heterocycles. The normalized spacial score (nSPS) is 12.0. The van der Waals surface area contributed by atoms with Crippen molar-refractivity contribution < 1.29 is 4.42 Å². The van der Waals surface area contributed by atoms with E-state index in [1.165, 1.54) is 38.4 Å². The van der Waals surface area contributed by atoms with E-state index in [9.17, 15) is 0 Å². The lowest BCUT2D eigenvalue weighted by Gasteiger charge is -2.12. The van der Waals surface area contributed by atoms with Crippen LogP contribution in [0.1, 0.15) is 0 Å². The first-order valence-electron chi connectivity index (χ1n) is 13.6. The number of benzene rings is 6. The van der Waals surface area contributed by atoms with Crippen LogP contribution in [0.4, 0.5) is 0 Å². The van der Waals surface area contributed by atoms with E-state index in [2.05, 4.69) is 120 Å². The van der Waals surface area contributed by atoms with E-state index in [1.54, 1.807) is 0 Å². The Morgan fingerprint density at radius 3 is 2.23 bits per heavy atom. The van der Waals surface area contributed by atoms with E-state index in [4.69, 9.17) is 9.40 Å². The average Bonchev–Trinajstić information content (AvgIpc) is 3.58. The van der Waals surface area contributed by atoms with Crippen molar-refractivity contribution in [2.75, 3.05) is 0 Å². The molecule has 0 bridgehead atoms. The molecule has 186 valence electrons. The van der Waals surface area contributed by atoms with Crippen LogP contribution in [0.25, 0.3) is 87.8 Å². The van der Waals surface area contributed by atoms with Gasteiger partial charge in [0.2, 0.25) is 0 Å². The van der Waals surface area contributed by atoms with E-state index >= 15 is 0 Å². The zero-order chi connectivity index (χ0) is 26.2. The summed E-state index contributed by atoms with van der Waals surface area (Å²) < 4.78 is 6.17. The van der Waals surface area contributed by atoms with Gasteiger partial charge in [-0.3, -0.25) is 0 Å². The van der Waals surface area contributed by atoms with Crippen LogP contribution in [0.2, 0.25) is 0 Å². The van der Waals surface area contributed by atoms with E-state index in [0.29, 0.717) is 0 Å². The van der Waals surface area contributed by atoms with Crippen LogP contribution in [0, 0.1) is 0 Å². The van der Waals surface area contributed by atoms with Crippen LogP contribution in [-0.2, 0) is 0 Å². The molecule has 0 radical (unpaired) electrons. The standard InChI is InChI=1S/C37H22N2O/c1-2-9-22(10-3-1)34-26-11-4-6-14-30(26)38-37-28(34)19-18-25-29-21-23(17-20-31(29)39-36(25)37)24-13-8-16-33-35(24)27-12-5-7-15-32(27)40-33/h1-21,39H. The first kappa shape index (κ1) is 21.5. The molecule has 3 aromatic heterocycles. The molecule has 0 aliphatic rings. The summed E-state index contributed by atoms with van der Waals surface area (Å²) >= 11 is 0. The Labute approximate surface area is 229 Å². The smallest absolute Gasteiger partial charge is 0.136 e. The second-order valence-electron chi connectivity index (χ2n) is 10.4. The second kappa shape index (κ2) is 8.05. The summed E-state index contributed by atoms with van der Waals surface area (Å²) in [6, 6.07) is 44.8. The van der Waals surface area contributed by atoms with Gasteiger partial charge in [0.1, 0.15) is 11.2 Å². The van der Waals surface area contributed by atoms with Crippen molar-refractivity contribution in [2.24, 2.45) is 0 Å². The van der Waals surface area contributed by atoms with Gasteiger partial charge >= 0.3 is 0 Å². The summed E-state index contributed by atoms with van der Waals surface area (Å²) in [6.07, 6.45) is 0. The monoisotopic (exact) mass is 510 g/mol. The number of aromatic nitrogens is 2. The molecular weight excluding hydrogens is 488 g/mol. The summed E-state index contributed by atoms with van der Waals surface area (Å²) in [7, 11) is 0. The maximum Gasteiger partial charge on any atom is 0.136 e. The predicted molar refractivity (Wildman–Crippen MR) is 167 cm³/mol. The lowest BCUT2D eigenvalue weighted by molar-refractivity contribution is 0.669. The predicted octanol–water partition coefficient (Wildman–Crippen LogP) is 10.3. The molecule has 9 aromatic rings. The molecule has 3 heteroatoms. The molecule has 0 aliphatic heterocycles. The summed E-state index contributed by atoms with van der Waals surface area (Å²) in [5, 5.41) is 6.98. The Kier molecular flexibility index (Phi) is 4.33. The lowest BCUT2D eigenvalue weighted by atomic mass is 9.95. The zero-order valence-electron chi connectivity index (χ0n) is 21.5. The molecule has 9 rings (SSSR count). The number of nitrogens with one attached hydrogen (secondary N) is 1. The van der Waals surface area contributed by atoms with E-state index in [1.807, 2.05) is 12.1 Å². The molecule has 40 heavy (non-hydrogen) atoms. The SMILES string of the molecule is c1ccc(-c2c3ccccc3nc3c2ccc2c4cc(-c5cccc6oc7ccccc7c56)ccc4[nH]c23)cc1. The van der Waals surface area contributed by atoms with Crippen molar-refractivity contribution in [1.29, 1.82) is 0 Å². The minimum atomic E-state index is 0.910. The fraction of sp³-hybridized carbons (Fsp3) is 0. The van der Waals surface area contributed by atoms with Crippen LogP contribution < -0.4 is 0 Å². The fourth-order valence-electron chi connectivity index (χ4n) is 6.42. The van der Waals surface area contributed by atoms with Crippen LogP contribution in [0.15, 0.2) is 132 Å². The molecule has 0 fully saturated rings. The van der Waals surface area contributed by atoms with Gasteiger partial charge in [0, 0.05) is 43.4 Å². The van der Waals surface area contributed by atoms with Crippen molar-refractivity contribution in [3.63, 3.8) is 0 Å². The molecule has 6 aromatic carbocycles. The van der Waals surface area contributed by atoms with Crippen molar-refractivity contribution >= 4 is 65.6 Å². The number of rotatable bonds is 2. The van der Waals surface area contributed by atoms with Gasteiger partial charge in [-0.2, -0.15) is 0 Å². The third-order valence-corrected chi connectivity index (χ3v) is 8.20. The molecule has 0 amide bonds. The Morgan fingerprint density at radius 2 is 1.30 bits per heavy atom. The van der Waals surface area contributed by atoms with E-state index < -0.39 is 0 Å². The van der Waals surface area contributed by atoms with Crippen molar-refractivity contribution in [3.8, 4) is 22.3 Å². The largest absolute Gasteiger partial charge is 0.456 e. The number of fused-ring (bicyclic) bond motifs is 9. The molecule has 0 atom stereocenters. The quantitative estimate of drug-likeness (QED) is 0.235. The molecule has 1 N–H and O–H groups in total. The number of hydrogen-bond acceptors (Lipinski definition) is 2. The van der Waals surface area contributed by atoms with Crippen molar-refractivity contribution in [1.82, 2.24) is 9.97 Å². The first-order chi connectivity index (χ1) is 19.8. The van der Waals surface area contributed by atoms with Gasteiger partial charge < -0.3 is 9.40 Å². The minimum Gasteiger partial charge on any atom is -0.456 e. The van der Waals surface area contributed by atoms with Gasteiger partial charge in [-0.05, 0) is 47.0 Å². The van der Waals surface area contributed by atoms with Gasteiger partial charge in [0.15, 0.2) is 0 Å². The third kappa shape index (κ3) is 2.97. The molecule has 0 saturated heterocycles. The number of furan rings is 1. The fourth-order valence-corrected chi connectivity index (χ4v) is 6.42. The molecular formula is C37H22N2O. The van der Waals surface area contributed by atoms with Crippen molar-refractivity contribution in [3.05, 3.63) is 127 Å². The summed E-state index contributed by atoms with van der Waals surface area (Å²) in [5.41, 5.74) is 10.8. The Bertz CT molecular complexity index is 2430. The number of pyridine rings is 1. The van der Waals surface area contributed by atoms with Gasteiger partial charge in [-0.25, -0.2) is 4.98 Å². The Hall–Kier alpha value is -5.41. The molecule has 0 aliphatic carbocycles. The van der Waals surface area contributed by atoms with Crippen LogP contribution >= 0.6 is 0 Å². The summed E-state index contributed by atoms with van der Waals surface area (Å²) in [4.78, 5) is 8.92. The number of hydrogen-bond donors (Lipinski definition) is 1. The Balaban J connectivity index is 1.34. The highest BCUT2D eigenvalue weighted by Crippen LogP contribution is 2.41. The summed E-state index contributed by atoms with van der Waals surface area (Å²) in [5.74, 6) is 0. The van der Waals surface area contributed by atoms with Crippen molar-refractivity contribution in [2.45, 2.75) is 0 Å². The molecule has 3 nitrogen and oxygen atoms in total. The maximum atomic E-state index is 6.17. The van der Waals surface area contributed by atoms with E-state index in [0.717, 1.165) is 49.4 Å². The van der Waals surface area contributed by atoms with Gasteiger partial charge in [-0.15, -0.1) is 0 Å². The first-order valence-corrected chi connectivity index (χ1v) is 13.6. The number of H-pyrrole nitrogens is 1. The lowest BCUT2D eigenvalue weighted by Crippen LogP contribution is -1.90. The highest BCUT2D eigenvalue weighted by atomic mass is 16.3. The number of nitrogens with zero attached hydrogens (tertiary/aromatic N) is 1. The number of para-hydroxylation sites is 2. The molecule has 0 unspecified atom stereocenters. The molecule has 0 spiro atoms. The third-order valence-electron chi connectivity index (χ3n) is 8.20. The van der Waals surface area contributed by atoms with Crippen LogP contribution in [0.5, 0.6) is 0 Å². The minimum absolute atomic E-state index is 0.910. The topological polar surface area (TPSA) is 41.8 Å². The highest BCUT2D eigenvalue weighted by Gasteiger charge is 2.17. The molecule has 0 saturated carbocycles. The van der Waals surface area contributed by atoms with Crippen LogP contribution in [0.3, 0.4) is 0 Å².